The van der Waals surface area contributed by atoms with Crippen LogP contribution in [0.15, 0.2) is 24.4 Å². The van der Waals surface area contributed by atoms with Gasteiger partial charge in [0.05, 0.1) is 5.69 Å². The van der Waals surface area contributed by atoms with Crippen molar-refractivity contribution in [2.75, 3.05) is 25.0 Å². The summed E-state index contributed by atoms with van der Waals surface area (Å²) in [6.45, 7) is 3.90. The molecule has 0 aromatic carbocycles. The zero-order valence-electron chi connectivity index (χ0n) is 13.9. The van der Waals surface area contributed by atoms with Gasteiger partial charge in [0.25, 0.3) is 5.91 Å². The van der Waals surface area contributed by atoms with E-state index in [4.69, 9.17) is 4.74 Å². The summed E-state index contributed by atoms with van der Waals surface area (Å²) < 4.78 is 7.72. The van der Waals surface area contributed by atoms with E-state index in [9.17, 15) is 4.79 Å². The second kappa shape index (κ2) is 7.39. The minimum Gasteiger partial charge on any atom is -0.372 e. The van der Waals surface area contributed by atoms with Crippen molar-refractivity contribution in [3.8, 4) is 0 Å². The average Bonchev–Trinajstić information content (AvgIpc) is 3.21. The number of hydrogen-bond donors (Lipinski definition) is 2. The summed E-state index contributed by atoms with van der Waals surface area (Å²) >= 11 is 0. The number of rotatable bonds is 6. The van der Waals surface area contributed by atoms with Crippen LogP contribution in [0.4, 0.5) is 5.82 Å². The standard InChI is InChI=1S/C16H22N6O2/c1-3-17-16(23)12-4-5-14(21-20-12)18-10-11-7-9-24-15(11)13-6-8-19-22(13)2/h4-6,8,11,15H,3,7,9-10H2,1-2H3,(H,17,23)(H,18,21)/t11-,15+/m0/s1. The number of aryl methyl sites for hydroxylation is 1. The Hall–Kier alpha value is -2.48. The molecule has 24 heavy (non-hydrogen) atoms. The van der Waals surface area contributed by atoms with E-state index in [1.54, 1.807) is 18.3 Å². The van der Waals surface area contributed by atoms with Crippen LogP contribution >= 0.6 is 0 Å². The smallest absolute Gasteiger partial charge is 0.271 e. The fraction of sp³-hybridized carbons (Fsp3) is 0.500. The Balaban J connectivity index is 1.59. The number of amides is 1. The Labute approximate surface area is 140 Å². The lowest BCUT2D eigenvalue weighted by Gasteiger charge is -2.19. The van der Waals surface area contributed by atoms with Crippen LogP contribution in [0, 0.1) is 5.92 Å². The molecule has 3 heterocycles. The minimum atomic E-state index is -0.211. The highest BCUT2D eigenvalue weighted by Gasteiger charge is 2.31. The number of nitrogens with one attached hydrogen (secondary N) is 2. The third-order valence-corrected chi connectivity index (χ3v) is 4.14. The molecule has 0 unspecified atom stereocenters. The molecule has 8 heteroatoms. The Morgan fingerprint density at radius 3 is 2.92 bits per heavy atom. The van der Waals surface area contributed by atoms with Gasteiger partial charge in [-0.25, -0.2) is 0 Å². The molecule has 0 saturated carbocycles. The molecule has 1 saturated heterocycles. The Morgan fingerprint density at radius 2 is 2.25 bits per heavy atom. The van der Waals surface area contributed by atoms with E-state index in [1.807, 2.05) is 24.7 Å². The van der Waals surface area contributed by atoms with Crippen LogP contribution in [-0.2, 0) is 11.8 Å². The summed E-state index contributed by atoms with van der Waals surface area (Å²) in [7, 11) is 1.92. The molecule has 0 aliphatic carbocycles. The molecule has 128 valence electrons. The first-order chi connectivity index (χ1) is 11.7. The number of ether oxygens (including phenoxy) is 1. The SMILES string of the molecule is CCNC(=O)c1ccc(NC[C@@H]2CCO[C@H]2c2ccnn2C)nn1. The fourth-order valence-corrected chi connectivity index (χ4v) is 2.87. The molecule has 0 bridgehead atoms. The number of hydrogen-bond acceptors (Lipinski definition) is 6. The lowest BCUT2D eigenvalue weighted by Crippen LogP contribution is -2.24. The van der Waals surface area contributed by atoms with Gasteiger partial charge in [0.15, 0.2) is 5.69 Å². The van der Waals surface area contributed by atoms with Crippen LogP contribution in [0.1, 0.15) is 35.6 Å². The Kier molecular flexibility index (Phi) is 5.05. The van der Waals surface area contributed by atoms with Crippen molar-refractivity contribution >= 4 is 11.7 Å². The number of carbonyl (C=O) groups excluding carboxylic acids is 1. The molecule has 1 amide bonds. The maximum Gasteiger partial charge on any atom is 0.271 e. The first kappa shape index (κ1) is 16.4. The largest absolute Gasteiger partial charge is 0.372 e. The van der Waals surface area contributed by atoms with Crippen LogP contribution in [0.3, 0.4) is 0 Å². The van der Waals surface area contributed by atoms with Crippen molar-refractivity contribution in [3.63, 3.8) is 0 Å². The van der Waals surface area contributed by atoms with Crippen molar-refractivity contribution in [3.05, 3.63) is 35.8 Å². The molecule has 2 atom stereocenters. The summed E-state index contributed by atoms with van der Waals surface area (Å²) in [5.74, 6) is 0.779. The van der Waals surface area contributed by atoms with Crippen molar-refractivity contribution in [1.82, 2.24) is 25.3 Å². The molecule has 1 aliphatic heterocycles. The molecule has 0 radical (unpaired) electrons. The third kappa shape index (κ3) is 3.53. The lowest BCUT2D eigenvalue weighted by atomic mass is 9.99. The minimum absolute atomic E-state index is 0.0348. The van der Waals surface area contributed by atoms with Gasteiger partial charge in [-0.3, -0.25) is 9.48 Å². The summed E-state index contributed by atoms with van der Waals surface area (Å²) in [5.41, 5.74) is 1.40. The molecule has 1 aliphatic rings. The predicted molar refractivity (Wildman–Crippen MR) is 88.5 cm³/mol. The van der Waals surface area contributed by atoms with E-state index in [-0.39, 0.29) is 12.0 Å². The lowest BCUT2D eigenvalue weighted by molar-refractivity contribution is 0.0866. The Bertz CT molecular complexity index is 684. The summed E-state index contributed by atoms with van der Waals surface area (Å²) in [6.07, 6.45) is 2.80. The molecular formula is C16H22N6O2. The molecule has 2 aromatic heterocycles. The molecule has 2 N–H and O–H groups in total. The van der Waals surface area contributed by atoms with E-state index in [2.05, 4.69) is 25.9 Å². The second-order valence-corrected chi connectivity index (χ2v) is 5.76. The molecule has 2 aromatic rings. The first-order valence-corrected chi connectivity index (χ1v) is 8.14. The van der Waals surface area contributed by atoms with Gasteiger partial charge in [-0.1, -0.05) is 0 Å². The van der Waals surface area contributed by atoms with Gasteiger partial charge in [0.1, 0.15) is 11.9 Å². The van der Waals surface area contributed by atoms with Crippen LogP contribution in [0.2, 0.25) is 0 Å². The number of anilines is 1. The van der Waals surface area contributed by atoms with E-state index >= 15 is 0 Å². The van der Waals surface area contributed by atoms with Gasteiger partial charge >= 0.3 is 0 Å². The number of aromatic nitrogens is 4. The highest BCUT2D eigenvalue weighted by atomic mass is 16.5. The van der Waals surface area contributed by atoms with Crippen molar-refractivity contribution in [2.24, 2.45) is 13.0 Å². The van der Waals surface area contributed by atoms with Gasteiger partial charge in [-0.15, -0.1) is 10.2 Å². The van der Waals surface area contributed by atoms with Crippen molar-refractivity contribution < 1.29 is 9.53 Å². The molecule has 1 fully saturated rings. The monoisotopic (exact) mass is 330 g/mol. The molecule has 3 rings (SSSR count). The quantitative estimate of drug-likeness (QED) is 0.825. The van der Waals surface area contributed by atoms with E-state index in [0.717, 1.165) is 25.3 Å². The first-order valence-electron chi connectivity index (χ1n) is 8.14. The number of carbonyl (C=O) groups is 1. The third-order valence-electron chi connectivity index (χ3n) is 4.14. The highest BCUT2D eigenvalue weighted by molar-refractivity contribution is 5.92. The van der Waals surface area contributed by atoms with Crippen molar-refractivity contribution in [1.29, 1.82) is 0 Å². The topological polar surface area (TPSA) is 94.0 Å². The fourth-order valence-electron chi connectivity index (χ4n) is 2.87. The summed E-state index contributed by atoms with van der Waals surface area (Å²) in [4.78, 5) is 11.7. The maximum atomic E-state index is 11.7. The number of nitrogens with zero attached hydrogens (tertiary/aromatic N) is 4. The molecule has 0 spiro atoms. The zero-order valence-corrected chi connectivity index (χ0v) is 13.9. The van der Waals surface area contributed by atoms with Crippen LogP contribution in [0.25, 0.3) is 0 Å². The second-order valence-electron chi connectivity index (χ2n) is 5.76. The van der Waals surface area contributed by atoms with E-state index in [0.29, 0.717) is 24.0 Å². The average molecular weight is 330 g/mol. The van der Waals surface area contributed by atoms with Gasteiger partial charge in [-0.2, -0.15) is 5.10 Å². The van der Waals surface area contributed by atoms with Crippen LogP contribution in [-0.4, -0.2) is 45.6 Å². The highest BCUT2D eigenvalue weighted by Crippen LogP contribution is 2.34. The summed E-state index contributed by atoms with van der Waals surface area (Å²) in [6, 6.07) is 5.43. The Morgan fingerprint density at radius 1 is 1.38 bits per heavy atom. The molecular weight excluding hydrogens is 308 g/mol. The summed E-state index contributed by atoms with van der Waals surface area (Å²) in [5, 5.41) is 18.2. The zero-order chi connectivity index (χ0) is 16.9. The van der Waals surface area contributed by atoms with E-state index in [1.165, 1.54) is 0 Å². The normalized spacial score (nSPS) is 20.1. The van der Waals surface area contributed by atoms with Gasteiger partial charge in [0.2, 0.25) is 0 Å². The van der Waals surface area contributed by atoms with Crippen LogP contribution in [0.5, 0.6) is 0 Å². The van der Waals surface area contributed by atoms with Crippen LogP contribution < -0.4 is 10.6 Å². The predicted octanol–water partition coefficient (Wildman–Crippen LogP) is 1.15. The maximum absolute atomic E-state index is 11.7. The van der Waals surface area contributed by atoms with Gasteiger partial charge < -0.3 is 15.4 Å². The van der Waals surface area contributed by atoms with Gasteiger partial charge in [0, 0.05) is 38.9 Å². The van der Waals surface area contributed by atoms with Crippen molar-refractivity contribution in [2.45, 2.75) is 19.4 Å². The van der Waals surface area contributed by atoms with Gasteiger partial charge in [-0.05, 0) is 31.5 Å². The molecule has 8 nitrogen and oxygen atoms in total. The van der Waals surface area contributed by atoms with E-state index < -0.39 is 0 Å².